The zero-order valence-corrected chi connectivity index (χ0v) is 24.7. The van der Waals surface area contributed by atoms with E-state index < -0.39 is 6.04 Å². The zero-order valence-electron chi connectivity index (χ0n) is 24.7. The van der Waals surface area contributed by atoms with Gasteiger partial charge in [-0.25, -0.2) is 0 Å². The number of nitrogens with zero attached hydrogens (tertiary/aromatic N) is 4. The fourth-order valence-electron chi connectivity index (χ4n) is 6.73. The van der Waals surface area contributed by atoms with Crippen LogP contribution in [-0.2, 0) is 33.9 Å². The number of carbonyl (C=O) groups is 2. The van der Waals surface area contributed by atoms with Crippen LogP contribution in [0.1, 0.15) is 68.7 Å². The van der Waals surface area contributed by atoms with Gasteiger partial charge in [-0.05, 0) is 101 Å². The topological polar surface area (TPSA) is 105 Å². The molecule has 42 heavy (non-hydrogen) atoms. The van der Waals surface area contributed by atoms with Crippen LogP contribution < -0.4 is 5.73 Å². The van der Waals surface area contributed by atoms with Gasteiger partial charge >= 0.3 is 5.97 Å². The van der Waals surface area contributed by atoms with E-state index >= 15 is 0 Å². The first-order valence-electron chi connectivity index (χ1n) is 15.5. The van der Waals surface area contributed by atoms with Crippen molar-refractivity contribution in [2.45, 2.75) is 89.6 Å². The molecule has 2 aliphatic heterocycles. The Kier molecular flexibility index (Phi) is 9.93. The third-order valence-corrected chi connectivity index (χ3v) is 8.97. The van der Waals surface area contributed by atoms with Gasteiger partial charge in [0, 0.05) is 30.3 Å². The average Bonchev–Trinajstić information content (AvgIpc) is 3.76. The maximum atomic E-state index is 13.8. The van der Waals surface area contributed by atoms with Gasteiger partial charge in [0.05, 0.1) is 17.7 Å². The minimum absolute atomic E-state index is 0.0849. The molecule has 3 aromatic rings. The van der Waals surface area contributed by atoms with Gasteiger partial charge < -0.3 is 19.9 Å². The van der Waals surface area contributed by atoms with E-state index in [1.807, 2.05) is 48.5 Å². The minimum atomic E-state index is -0.654. The molecule has 2 aromatic carbocycles. The van der Waals surface area contributed by atoms with Crippen molar-refractivity contribution in [2.75, 3.05) is 19.6 Å². The van der Waals surface area contributed by atoms with Gasteiger partial charge in [-0.15, -0.1) is 0 Å². The SMILES string of the molecule is CCn1c(CC[C@@H]2CCCN2C(=O)[C@H]2CCCN2CCC[C@H](N)C(=O)OCc2ccccc2)cc2ccc(C#N)cc21. The van der Waals surface area contributed by atoms with E-state index in [4.69, 9.17) is 10.5 Å². The third-order valence-electron chi connectivity index (χ3n) is 8.97. The summed E-state index contributed by atoms with van der Waals surface area (Å²) in [5.74, 6) is -0.114. The van der Waals surface area contributed by atoms with Crippen molar-refractivity contribution in [3.63, 3.8) is 0 Å². The number of rotatable bonds is 12. The standard InChI is InChI=1S/C34H43N5O3/c1-2-38-29(22-27-15-14-26(23-35)21-32(27)38)17-16-28-11-6-20-39(28)33(40)31-13-8-19-37(31)18-7-12-30(36)34(41)42-24-25-9-4-3-5-10-25/h3-5,9-10,14-15,21-22,28,30-31H,2,6-8,11-13,16-20,24,36H2,1H3/t28-,30-,31+/m0/s1. The van der Waals surface area contributed by atoms with Gasteiger partial charge in [0.15, 0.2) is 0 Å². The molecule has 0 unspecified atom stereocenters. The van der Waals surface area contributed by atoms with Crippen molar-refractivity contribution in [2.24, 2.45) is 5.73 Å². The predicted octanol–water partition coefficient (Wildman–Crippen LogP) is 4.77. The Morgan fingerprint density at radius 1 is 1.10 bits per heavy atom. The molecule has 1 amide bonds. The normalized spacial score (nSPS) is 19.7. The molecule has 5 rings (SSSR count). The minimum Gasteiger partial charge on any atom is -0.460 e. The molecule has 0 saturated carbocycles. The van der Waals surface area contributed by atoms with Crippen molar-refractivity contribution >= 4 is 22.8 Å². The number of amides is 1. The second kappa shape index (κ2) is 14.0. The van der Waals surface area contributed by atoms with Crippen LogP contribution in [0.15, 0.2) is 54.6 Å². The molecule has 222 valence electrons. The first-order chi connectivity index (χ1) is 20.5. The van der Waals surface area contributed by atoms with Crippen LogP contribution in [0.5, 0.6) is 0 Å². The molecule has 0 spiro atoms. The van der Waals surface area contributed by atoms with E-state index in [9.17, 15) is 14.9 Å². The van der Waals surface area contributed by atoms with Crippen molar-refractivity contribution in [3.8, 4) is 6.07 Å². The Balaban J connectivity index is 1.12. The number of ether oxygens (including phenoxy) is 1. The zero-order chi connectivity index (χ0) is 29.5. The summed E-state index contributed by atoms with van der Waals surface area (Å²) < 4.78 is 7.70. The van der Waals surface area contributed by atoms with Gasteiger partial charge in [-0.2, -0.15) is 5.26 Å². The fraction of sp³-hybridized carbons (Fsp3) is 0.500. The lowest BCUT2D eigenvalue weighted by Gasteiger charge is -2.31. The summed E-state index contributed by atoms with van der Waals surface area (Å²) in [6.45, 7) is 5.72. The third kappa shape index (κ3) is 6.86. The quantitative estimate of drug-likeness (QED) is 0.315. The Morgan fingerprint density at radius 2 is 1.90 bits per heavy atom. The van der Waals surface area contributed by atoms with Gasteiger partial charge in [-0.1, -0.05) is 36.4 Å². The highest BCUT2D eigenvalue weighted by Gasteiger charge is 2.37. The highest BCUT2D eigenvalue weighted by molar-refractivity contribution is 5.83. The number of aromatic nitrogens is 1. The van der Waals surface area contributed by atoms with Crippen LogP contribution in [0.2, 0.25) is 0 Å². The molecule has 8 nitrogen and oxygen atoms in total. The molecule has 0 bridgehead atoms. The van der Waals surface area contributed by atoms with Crippen LogP contribution >= 0.6 is 0 Å². The van der Waals surface area contributed by atoms with E-state index in [1.54, 1.807) is 0 Å². The van der Waals surface area contributed by atoms with E-state index in [2.05, 4.69) is 33.4 Å². The molecule has 1 aromatic heterocycles. The average molecular weight is 570 g/mol. The van der Waals surface area contributed by atoms with Crippen molar-refractivity contribution < 1.29 is 14.3 Å². The lowest BCUT2D eigenvalue weighted by Crippen LogP contribution is -2.48. The second-order valence-electron chi connectivity index (χ2n) is 11.7. The second-order valence-corrected chi connectivity index (χ2v) is 11.7. The first-order valence-corrected chi connectivity index (χ1v) is 15.5. The molecule has 8 heteroatoms. The highest BCUT2D eigenvalue weighted by atomic mass is 16.5. The molecule has 2 fully saturated rings. The highest BCUT2D eigenvalue weighted by Crippen LogP contribution is 2.29. The monoisotopic (exact) mass is 569 g/mol. The van der Waals surface area contributed by atoms with Gasteiger partial charge in [0.2, 0.25) is 5.91 Å². The van der Waals surface area contributed by atoms with Crippen LogP contribution in [-0.4, -0.2) is 64.0 Å². The number of benzene rings is 2. The van der Waals surface area contributed by atoms with Gasteiger partial charge in [0.25, 0.3) is 0 Å². The van der Waals surface area contributed by atoms with E-state index in [1.165, 1.54) is 5.69 Å². The molecule has 3 heterocycles. The molecule has 2 saturated heterocycles. The number of aryl methyl sites for hydroxylation is 2. The van der Waals surface area contributed by atoms with E-state index in [0.29, 0.717) is 12.0 Å². The number of nitriles is 1. The molecule has 2 aliphatic rings. The molecular weight excluding hydrogens is 526 g/mol. The van der Waals surface area contributed by atoms with E-state index in [0.717, 1.165) is 87.6 Å². The summed E-state index contributed by atoms with van der Waals surface area (Å²) in [7, 11) is 0. The summed E-state index contributed by atoms with van der Waals surface area (Å²) in [6, 6.07) is 19.5. The number of hydrogen-bond acceptors (Lipinski definition) is 6. The Hall–Kier alpha value is -3.67. The van der Waals surface area contributed by atoms with Gasteiger partial charge in [0.1, 0.15) is 12.6 Å². The number of nitrogens with two attached hydrogens (primary N) is 1. The predicted molar refractivity (Wildman–Crippen MR) is 163 cm³/mol. The summed E-state index contributed by atoms with van der Waals surface area (Å²) >= 11 is 0. The largest absolute Gasteiger partial charge is 0.460 e. The first kappa shape index (κ1) is 29.8. The summed E-state index contributed by atoms with van der Waals surface area (Å²) in [5.41, 5.74) is 10.1. The number of esters is 1. The van der Waals surface area contributed by atoms with E-state index in [-0.39, 0.29) is 30.6 Å². The number of likely N-dealkylation sites (tertiary alicyclic amines) is 2. The fourth-order valence-corrected chi connectivity index (χ4v) is 6.73. The van der Waals surface area contributed by atoms with Gasteiger partial charge in [-0.3, -0.25) is 14.5 Å². The van der Waals surface area contributed by atoms with Crippen LogP contribution in [0.3, 0.4) is 0 Å². The summed E-state index contributed by atoms with van der Waals surface area (Å²) in [4.78, 5) is 30.6. The molecule has 2 N–H and O–H groups in total. The molecule has 0 radical (unpaired) electrons. The Morgan fingerprint density at radius 3 is 2.69 bits per heavy atom. The van der Waals surface area contributed by atoms with Crippen LogP contribution in [0.4, 0.5) is 0 Å². The van der Waals surface area contributed by atoms with Crippen molar-refractivity contribution in [1.29, 1.82) is 5.26 Å². The number of carbonyl (C=O) groups excluding carboxylic acids is 2. The summed E-state index contributed by atoms with van der Waals surface area (Å²) in [6.07, 6.45) is 7.14. The van der Waals surface area contributed by atoms with Crippen molar-refractivity contribution in [1.82, 2.24) is 14.4 Å². The van der Waals surface area contributed by atoms with Crippen molar-refractivity contribution in [3.05, 3.63) is 71.4 Å². The number of hydrogen-bond donors (Lipinski definition) is 1. The number of fused-ring (bicyclic) bond motifs is 1. The maximum absolute atomic E-state index is 13.8. The lowest BCUT2D eigenvalue weighted by molar-refractivity contribution is -0.146. The summed E-state index contributed by atoms with van der Waals surface area (Å²) in [5, 5.41) is 10.5. The molecule has 3 atom stereocenters. The molecule has 0 aliphatic carbocycles. The Bertz CT molecular complexity index is 1410. The lowest BCUT2D eigenvalue weighted by atomic mass is 10.1. The Labute approximate surface area is 249 Å². The van der Waals surface area contributed by atoms with Crippen LogP contribution in [0, 0.1) is 11.3 Å². The smallest absolute Gasteiger partial charge is 0.323 e. The van der Waals surface area contributed by atoms with Crippen LogP contribution in [0.25, 0.3) is 10.9 Å². The molecular formula is C34H43N5O3. The maximum Gasteiger partial charge on any atom is 0.323 e.